The Balaban J connectivity index is 1.76. The zero-order valence-corrected chi connectivity index (χ0v) is 13.5. The van der Waals surface area contributed by atoms with Gasteiger partial charge in [-0.05, 0) is 38.3 Å². The summed E-state index contributed by atoms with van der Waals surface area (Å²) in [5.41, 5.74) is -0.284. The zero-order chi connectivity index (χ0) is 14.3. The fourth-order valence-electron chi connectivity index (χ4n) is 2.77. The van der Waals surface area contributed by atoms with Crippen molar-refractivity contribution in [3.05, 3.63) is 21.9 Å². The molecule has 2 fully saturated rings. The molecule has 1 saturated carbocycles. The van der Waals surface area contributed by atoms with Gasteiger partial charge in [-0.15, -0.1) is 11.3 Å². The molecule has 1 aliphatic heterocycles. The maximum Gasteiger partial charge on any atom is 0.244 e. The molecule has 1 aromatic heterocycles. The first-order chi connectivity index (χ1) is 9.52. The van der Waals surface area contributed by atoms with Gasteiger partial charge in [0.1, 0.15) is 11.7 Å². The molecule has 1 N–H and O–H groups in total. The highest BCUT2D eigenvalue weighted by atomic mass is 32.2. The van der Waals surface area contributed by atoms with Crippen LogP contribution in [0.5, 0.6) is 0 Å². The van der Waals surface area contributed by atoms with Crippen LogP contribution >= 0.6 is 11.3 Å². The molecule has 0 radical (unpaired) electrons. The highest BCUT2D eigenvalue weighted by Gasteiger charge is 2.59. The van der Waals surface area contributed by atoms with Crippen LogP contribution in [0.3, 0.4) is 0 Å². The van der Waals surface area contributed by atoms with Gasteiger partial charge in [0, 0.05) is 39.1 Å². The first-order valence-corrected chi connectivity index (χ1v) is 9.51. The van der Waals surface area contributed by atoms with E-state index < -0.39 is 10.8 Å². The van der Waals surface area contributed by atoms with E-state index in [2.05, 4.69) is 24.4 Å². The Labute approximate surface area is 126 Å². The van der Waals surface area contributed by atoms with Gasteiger partial charge in [0.25, 0.3) is 0 Å². The van der Waals surface area contributed by atoms with Crippen LogP contribution in [0.4, 0.5) is 0 Å². The van der Waals surface area contributed by atoms with Gasteiger partial charge in [-0.3, -0.25) is 14.3 Å². The summed E-state index contributed by atoms with van der Waals surface area (Å²) in [4.78, 5) is 17.0. The lowest BCUT2D eigenvalue weighted by molar-refractivity contribution is -0.130. The van der Waals surface area contributed by atoms with Gasteiger partial charge >= 0.3 is 0 Å². The lowest BCUT2D eigenvalue weighted by atomic mass is 10.2. The Hall–Kier alpha value is -0.720. The van der Waals surface area contributed by atoms with Gasteiger partial charge in [-0.1, -0.05) is 0 Å². The molecule has 2 unspecified atom stereocenters. The molecule has 20 heavy (non-hydrogen) atoms. The second-order valence-electron chi connectivity index (χ2n) is 5.71. The van der Waals surface area contributed by atoms with E-state index in [0.717, 1.165) is 19.3 Å². The van der Waals surface area contributed by atoms with E-state index in [0.29, 0.717) is 12.3 Å². The molecular formula is C14H20N2O2S2. The minimum absolute atomic E-state index is 0.00833. The van der Waals surface area contributed by atoms with E-state index in [9.17, 15) is 9.00 Å². The standard InChI is InChI=1S/C14H20N2O2S2/c1-10-4-5-11(19-10)12-15-14(6-7-14)13(17)16(12)8-3-9-20(2)18/h4-5,12,15H,3,6-9H2,1-2H3. The summed E-state index contributed by atoms with van der Waals surface area (Å²) < 4.78 is 11.2. The van der Waals surface area contributed by atoms with Crippen molar-refractivity contribution in [1.82, 2.24) is 10.2 Å². The number of hydrogen-bond donors (Lipinski definition) is 1. The summed E-state index contributed by atoms with van der Waals surface area (Å²) in [7, 11) is -0.788. The van der Waals surface area contributed by atoms with E-state index in [-0.39, 0.29) is 17.6 Å². The molecule has 1 amide bonds. The van der Waals surface area contributed by atoms with Crippen LogP contribution in [0.2, 0.25) is 0 Å². The molecule has 1 saturated heterocycles. The number of carbonyl (C=O) groups excluding carboxylic acids is 1. The summed E-state index contributed by atoms with van der Waals surface area (Å²) >= 11 is 1.74. The van der Waals surface area contributed by atoms with Gasteiger partial charge in [0.15, 0.2) is 0 Å². The lowest BCUT2D eigenvalue weighted by Crippen LogP contribution is -2.33. The molecule has 4 nitrogen and oxygen atoms in total. The summed E-state index contributed by atoms with van der Waals surface area (Å²) in [6.45, 7) is 2.77. The first-order valence-electron chi connectivity index (χ1n) is 6.97. The maximum absolute atomic E-state index is 12.5. The van der Waals surface area contributed by atoms with Crippen LogP contribution in [0.1, 0.15) is 35.2 Å². The molecule has 2 atom stereocenters. The summed E-state index contributed by atoms with van der Waals surface area (Å²) in [5, 5.41) is 3.52. The van der Waals surface area contributed by atoms with Crippen molar-refractivity contribution in [3.63, 3.8) is 0 Å². The van der Waals surface area contributed by atoms with Crippen LogP contribution in [-0.4, -0.2) is 39.1 Å². The Kier molecular flexibility index (Phi) is 3.73. The van der Waals surface area contributed by atoms with Crippen LogP contribution in [0.15, 0.2) is 12.1 Å². The van der Waals surface area contributed by atoms with E-state index in [4.69, 9.17) is 0 Å². The van der Waals surface area contributed by atoms with E-state index in [1.54, 1.807) is 17.6 Å². The molecule has 0 aromatic carbocycles. The largest absolute Gasteiger partial charge is 0.320 e. The average Bonchev–Trinajstić information content (AvgIpc) is 2.97. The molecule has 2 heterocycles. The topological polar surface area (TPSA) is 49.4 Å². The summed E-state index contributed by atoms with van der Waals surface area (Å²) in [5.74, 6) is 0.892. The van der Waals surface area contributed by atoms with Gasteiger partial charge in [-0.25, -0.2) is 0 Å². The van der Waals surface area contributed by atoms with Crippen LogP contribution in [0, 0.1) is 6.92 Å². The van der Waals surface area contributed by atoms with Crippen LogP contribution in [-0.2, 0) is 15.6 Å². The number of aryl methyl sites for hydroxylation is 1. The number of hydrogen-bond acceptors (Lipinski definition) is 4. The third-order valence-corrected chi connectivity index (χ3v) is 5.92. The molecular weight excluding hydrogens is 292 g/mol. The number of carbonyl (C=O) groups is 1. The molecule has 1 aromatic rings. The quantitative estimate of drug-likeness (QED) is 0.902. The Morgan fingerprint density at radius 2 is 2.25 bits per heavy atom. The van der Waals surface area contributed by atoms with E-state index in [1.807, 2.05) is 4.90 Å². The third-order valence-electron chi connectivity index (χ3n) is 4.01. The van der Waals surface area contributed by atoms with E-state index in [1.165, 1.54) is 9.75 Å². The molecule has 1 aliphatic carbocycles. The van der Waals surface area contributed by atoms with E-state index >= 15 is 0 Å². The van der Waals surface area contributed by atoms with Crippen molar-refractivity contribution >= 4 is 28.0 Å². The van der Waals surface area contributed by atoms with Crippen molar-refractivity contribution in [2.24, 2.45) is 0 Å². The lowest BCUT2D eigenvalue weighted by Gasteiger charge is -2.23. The van der Waals surface area contributed by atoms with Crippen molar-refractivity contribution in [2.75, 3.05) is 18.6 Å². The van der Waals surface area contributed by atoms with Crippen LogP contribution < -0.4 is 5.32 Å². The first kappa shape index (κ1) is 14.2. The van der Waals surface area contributed by atoms with Crippen molar-refractivity contribution in [3.8, 4) is 0 Å². The average molecular weight is 312 g/mol. The predicted molar refractivity (Wildman–Crippen MR) is 82.2 cm³/mol. The van der Waals surface area contributed by atoms with Crippen molar-refractivity contribution in [1.29, 1.82) is 0 Å². The SMILES string of the molecule is Cc1ccc(C2NC3(CC3)C(=O)N2CCCS(C)=O)s1. The summed E-state index contributed by atoms with van der Waals surface area (Å²) in [6.07, 6.45) is 4.42. The normalized spacial score (nSPS) is 25.4. The number of thiophene rings is 1. The monoisotopic (exact) mass is 312 g/mol. The highest BCUT2D eigenvalue weighted by molar-refractivity contribution is 7.84. The van der Waals surface area contributed by atoms with Crippen molar-refractivity contribution in [2.45, 2.75) is 37.9 Å². The van der Waals surface area contributed by atoms with Gasteiger partial charge in [0.05, 0.1) is 0 Å². The molecule has 2 aliphatic rings. The highest BCUT2D eigenvalue weighted by Crippen LogP contribution is 2.46. The molecule has 1 spiro atoms. The molecule has 6 heteroatoms. The predicted octanol–water partition coefficient (Wildman–Crippen LogP) is 1.79. The smallest absolute Gasteiger partial charge is 0.244 e. The van der Waals surface area contributed by atoms with Gasteiger partial charge in [0.2, 0.25) is 5.91 Å². The molecule has 3 rings (SSSR count). The Morgan fingerprint density at radius 3 is 2.80 bits per heavy atom. The Morgan fingerprint density at radius 1 is 1.50 bits per heavy atom. The minimum Gasteiger partial charge on any atom is -0.320 e. The maximum atomic E-state index is 12.5. The number of nitrogens with one attached hydrogen (secondary N) is 1. The summed E-state index contributed by atoms with van der Waals surface area (Å²) in [6, 6.07) is 4.21. The van der Waals surface area contributed by atoms with Gasteiger partial charge < -0.3 is 4.90 Å². The minimum atomic E-state index is -0.788. The third kappa shape index (κ3) is 2.56. The van der Waals surface area contributed by atoms with Crippen LogP contribution in [0.25, 0.3) is 0 Å². The molecule has 0 bridgehead atoms. The fourth-order valence-corrected chi connectivity index (χ4v) is 4.25. The second kappa shape index (κ2) is 5.24. The zero-order valence-electron chi connectivity index (χ0n) is 11.8. The number of amides is 1. The fraction of sp³-hybridized carbons (Fsp3) is 0.643. The second-order valence-corrected chi connectivity index (χ2v) is 8.58. The van der Waals surface area contributed by atoms with Crippen molar-refractivity contribution < 1.29 is 9.00 Å². The number of nitrogens with zero attached hydrogens (tertiary/aromatic N) is 1. The molecule has 110 valence electrons. The van der Waals surface area contributed by atoms with Gasteiger partial charge in [-0.2, -0.15) is 0 Å². The Bertz CT molecular complexity index is 551. The number of rotatable bonds is 5.